The fourth-order valence-electron chi connectivity index (χ4n) is 2.18. The van der Waals surface area contributed by atoms with Gasteiger partial charge in [0.2, 0.25) is 0 Å². The standard InChI is InChI=1S/C13H29NO4Si/c1-5-16-19(17-6-2,18-7-3)10-8-9-14(4)11-13-12-15-13/h13H,5-12H2,1-4H3. The average Bonchev–Trinajstić information content (AvgIpc) is 3.14. The van der Waals surface area contributed by atoms with Crippen LogP contribution in [0.15, 0.2) is 0 Å². The number of ether oxygens (including phenoxy) is 1. The van der Waals surface area contributed by atoms with Crippen molar-refractivity contribution in [3.63, 3.8) is 0 Å². The maximum atomic E-state index is 5.84. The quantitative estimate of drug-likeness (QED) is 0.405. The third-order valence-electron chi connectivity index (χ3n) is 3.03. The van der Waals surface area contributed by atoms with Crippen molar-refractivity contribution in [2.45, 2.75) is 39.3 Å². The van der Waals surface area contributed by atoms with E-state index in [1.807, 2.05) is 20.8 Å². The van der Waals surface area contributed by atoms with E-state index in [1.165, 1.54) is 0 Å². The molecule has 1 fully saturated rings. The molecule has 1 heterocycles. The molecule has 19 heavy (non-hydrogen) atoms. The Hall–Kier alpha value is 0.0169. The molecule has 0 aliphatic carbocycles. The van der Waals surface area contributed by atoms with Gasteiger partial charge in [0.05, 0.1) is 12.7 Å². The molecule has 6 heteroatoms. The minimum absolute atomic E-state index is 0.456. The second-order valence-corrected chi connectivity index (χ2v) is 7.54. The summed E-state index contributed by atoms with van der Waals surface area (Å²) in [5.41, 5.74) is 0. The Morgan fingerprint density at radius 2 is 1.63 bits per heavy atom. The van der Waals surface area contributed by atoms with Crippen LogP contribution in [0.25, 0.3) is 0 Å². The molecule has 114 valence electrons. The van der Waals surface area contributed by atoms with Gasteiger partial charge in [0.15, 0.2) is 0 Å². The Balaban J connectivity index is 2.32. The molecule has 1 saturated heterocycles. The van der Waals surface area contributed by atoms with Crippen LogP contribution in [0.4, 0.5) is 0 Å². The number of likely N-dealkylation sites (N-methyl/N-ethyl adjacent to an activating group) is 1. The second-order valence-electron chi connectivity index (χ2n) is 4.80. The molecule has 0 radical (unpaired) electrons. The van der Waals surface area contributed by atoms with Gasteiger partial charge in [-0.2, -0.15) is 0 Å². The van der Waals surface area contributed by atoms with E-state index in [0.29, 0.717) is 25.9 Å². The van der Waals surface area contributed by atoms with Gasteiger partial charge in [-0.15, -0.1) is 0 Å². The molecular formula is C13H29NO4Si. The van der Waals surface area contributed by atoms with Crippen molar-refractivity contribution in [3.8, 4) is 0 Å². The Labute approximate surface area is 118 Å². The monoisotopic (exact) mass is 291 g/mol. The first-order valence-electron chi connectivity index (χ1n) is 7.37. The topological polar surface area (TPSA) is 43.5 Å². The van der Waals surface area contributed by atoms with E-state index in [0.717, 1.165) is 32.2 Å². The number of hydrogen-bond donors (Lipinski definition) is 0. The fourth-order valence-corrected chi connectivity index (χ4v) is 4.77. The maximum absolute atomic E-state index is 5.84. The highest BCUT2D eigenvalue weighted by molar-refractivity contribution is 6.60. The third-order valence-corrected chi connectivity index (χ3v) is 6.18. The van der Waals surface area contributed by atoms with Crippen molar-refractivity contribution in [1.29, 1.82) is 0 Å². The van der Waals surface area contributed by atoms with Crippen LogP contribution in [0.2, 0.25) is 6.04 Å². The summed E-state index contributed by atoms with van der Waals surface area (Å²) in [7, 11) is -0.313. The van der Waals surface area contributed by atoms with E-state index < -0.39 is 8.80 Å². The molecule has 0 amide bonds. The molecule has 1 rings (SSSR count). The summed E-state index contributed by atoms with van der Waals surface area (Å²) in [6, 6.07) is 0.887. The number of epoxide rings is 1. The second kappa shape index (κ2) is 9.04. The first kappa shape index (κ1) is 17.1. The smallest absolute Gasteiger partial charge is 0.374 e. The van der Waals surface area contributed by atoms with Gasteiger partial charge in [0, 0.05) is 32.4 Å². The predicted molar refractivity (Wildman–Crippen MR) is 77.3 cm³/mol. The van der Waals surface area contributed by atoms with E-state index >= 15 is 0 Å². The summed E-state index contributed by atoms with van der Waals surface area (Å²) >= 11 is 0. The summed E-state index contributed by atoms with van der Waals surface area (Å²) in [6.45, 7) is 10.9. The highest BCUT2D eigenvalue weighted by atomic mass is 28.4. The Bertz CT molecular complexity index is 222. The molecule has 1 aliphatic heterocycles. The zero-order valence-corrected chi connectivity index (χ0v) is 13.8. The molecule has 0 aromatic carbocycles. The van der Waals surface area contributed by atoms with Gasteiger partial charge in [0.1, 0.15) is 0 Å². The van der Waals surface area contributed by atoms with Gasteiger partial charge < -0.3 is 22.9 Å². The molecule has 1 aliphatic rings. The molecule has 0 bridgehead atoms. The van der Waals surface area contributed by atoms with Gasteiger partial charge in [-0.05, 0) is 40.8 Å². The predicted octanol–water partition coefficient (Wildman–Crippen LogP) is 1.76. The van der Waals surface area contributed by atoms with Crippen molar-refractivity contribution in [2.24, 2.45) is 0 Å². The van der Waals surface area contributed by atoms with Crippen LogP contribution in [0.1, 0.15) is 27.2 Å². The molecule has 0 aromatic heterocycles. The van der Waals surface area contributed by atoms with Crippen LogP contribution >= 0.6 is 0 Å². The van der Waals surface area contributed by atoms with Crippen LogP contribution in [-0.2, 0) is 18.0 Å². The zero-order valence-electron chi connectivity index (χ0n) is 12.8. The Morgan fingerprint density at radius 3 is 2.05 bits per heavy atom. The van der Waals surface area contributed by atoms with Gasteiger partial charge in [0.25, 0.3) is 0 Å². The minimum Gasteiger partial charge on any atom is -0.374 e. The highest BCUT2D eigenvalue weighted by Gasteiger charge is 2.39. The molecule has 1 unspecified atom stereocenters. The van der Waals surface area contributed by atoms with E-state index in [9.17, 15) is 0 Å². The van der Waals surface area contributed by atoms with Crippen LogP contribution in [0, 0.1) is 0 Å². The summed E-state index contributed by atoms with van der Waals surface area (Å²) < 4.78 is 22.7. The highest BCUT2D eigenvalue weighted by Crippen LogP contribution is 2.19. The zero-order chi connectivity index (χ0) is 14.1. The number of rotatable bonds is 12. The van der Waals surface area contributed by atoms with Gasteiger partial charge in [-0.3, -0.25) is 0 Å². The summed E-state index contributed by atoms with van der Waals surface area (Å²) in [6.07, 6.45) is 1.49. The SMILES string of the molecule is CCO[Si](CCCN(C)CC1CO1)(OCC)OCC. The Kier molecular flexibility index (Phi) is 8.13. The first-order chi connectivity index (χ1) is 9.15. The van der Waals surface area contributed by atoms with E-state index in [4.69, 9.17) is 18.0 Å². The van der Waals surface area contributed by atoms with E-state index in [1.54, 1.807) is 0 Å². The largest absolute Gasteiger partial charge is 0.500 e. The van der Waals surface area contributed by atoms with Crippen molar-refractivity contribution in [1.82, 2.24) is 4.90 Å². The van der Waals surface area contributed by atoms with Gasteiger partial charge >= 0.3 is 8.80 Å². The van der Waals surface area contributed by atoms with Gasteiger partial charge in [-0.25, -0.2) is 0 Å². The lowest BCUT2D eigenvalue weighted by molar-refractivity contribution is 0.0701. The fraction of sp³-hybridized carbons (Fsp3) is 1.00. The molecule has 0 aromatic rings. The minimum atomic E-state index is -2.44. The summed E-state index contributed by atoms with van der Waals surface area (Å²) in [5.74, 6) is 0. The van der Waals surface area contributed by atoms with Crippen molar-refractivity contribution in [3.05, 3.63) is 0 Å². The molecule has 0 N–H and O–H groups in total. The lowest BCUT2D eigenvalue weighted by Crippen LogP contribution is -2.46. The summed E-state index contributed by atoms with van der Waals surface area (Å²) in [4.78, 5) is 2.31. The summed E-state index contributed by atoms with van der Waals surface area (Å²) in [5, 5.41) is 0. The van der Waals surface area contributed by atoms with Crippen molar-refractivity contribution >= 4 is 8.80 Å². The third kappa shape index (κ3) is 6.83. The van der Waals surface area contributed by atoms with Crippen LogP contribution in [-0.4, -0.2) is 66.4 Å². The van der Waals surface area contributed by atoms with E-state index in [2.05, 4.69) is 11.9 Å². The molecular weight excluding hydrogens is 262 g/mol. The van der Waals surface area contributed by atoms with Crippen LogP contribution in [0.3, 0.4) is 0 Å². The van der Waals surface area contributed by atoms with Crippen molar-refractivity contribution in [2.75, 3.05) is 46.6 Å². The normalized spacial score (nSPS) is 19.1. The van der Waals surface area contributed by atoms with E-state index in [-0.39, 0.29) is 0 Å². The maximum Gasteiger partial charge on any atom is 0.500 e. The van der Waals surface area contributed by atoms with Gasteiger partial charge in [-0.1, -0.05) is 0 Å². The molecule has 0 saturated carbocycles. The number of hydrogen-bond acceptors (Lipinski definition) is 5. The molecule has 1 atom stereocenters. The van der Waals surface area contributed by atoms with Crippen molar-refractivity contribution < 1.29 is 18.0 Å². The Morgan fingerprint density at radius 1 is 1.11 bits per heavy atom. The van der Waals surface area contributed by atoms with Crippen LogP contribution < -0.4 is 0 Å². The molecule has 5 nitrogen and oxygen atoms in total. The lowest BCUT2D eigenvalue weighted by atomic mass is 10.4. The first-order valence-corrected chi connectivity index (χ1v) is 9.31. The molecule has 0 spiro atoms. The number of nitrogens with zero attached hydrogens (tertiary/aromatic N) is 1. The lowest BCUT2D eigenvalue weighted by Gasteiger charge is -2.29. The van der Waals surface area contributed by atoms with Crippen LogP contribution in [0.5, 0.6) is 0 Å². The average molecular weight is 291 g/mol.